The maximum Gasteiger partial charge on any atom is 0.164 e. The largest absolute Gasteiger partial charge is 0.309 e. The van der Waals surface area contributed by atoms with Crippen LogP contribution in [-0.2, 0) is 12.8 Å². The molecule has 4 nitrogen and oxygen atoms in total. The predicted octanol–water partition coefficient (Wildman–Crippen LogP) is 10.6. The molecule has 0 radical (unpaired) electrons. The van der Waals surface area contributed by atoms with E-state index in [1.165, 1.54) is 60.5 Å². The van der Waals surface area contributed by atoms with Gasteiger partial charge in [0, 0.05) is 33.2 Å². The van der Waals surface area contributed by atoms with E-state index in [9.17, 15) is 0 Å². The Morgan fingerprint density at radius 1 is 0.367 bits per heavy atom. The van der Waals surface area contributed by atoms with Crippen molar-refractivity contribution in [3.05, 3.63) is 180 Å². The first-order valence-electron chi connectivity index (χ1n) is 16.8. The molecule has 2 heterocycles. The van der Waals surface area contributed by atoms with Gasteiger partial charge in [-0.1, -0.05) is 127 Å². The molecule has 0 saturated carbocycles. The molecular formula is C45H30N4. The highest BCUT2D eigenvalue weighted by Gasteiger charge is 2.19. The van der Waals surface area contributed by atoms with Gasteiger partial charge in [-0.3, -0.25) is 0 Å². The number of hydrogen-bond acceptors (Lipinski definition) is 3. The summed E-state index contributed by atoms with van der Waals surface area (Å²) in [6.45, 7) is 0. The Morgan fingerprint density at radius 3 is 1.51 bits per heavy atom. The molecule has 0 bridgehead atoms. The van der Waals surface area contributed by atoms with Crippen molar-refractivity contribution in [3.63, 3.8) is 0 Å². The van der Waals surface area contributed by atoms with E-state index in [0.717, 1.165) is 29.5 Å². The summed E-state index contributed by atoms with van der Waals surface area (Å²) in [5.41, 5.74) is 12.2. The van der Waals surface area contributed by atoms with Crippen LogP contribution in [0.2, 0.25) is 0 Å². The van der Waals surface area contributed by atoms with Crippen molar-refractivity contribution < 1.29 is 0 Å². The summed E-state index contributed by atoms with van der Waals surface area (Å²) in [6, 6.07) is 56.1. The maximum absolute atomic E-state index is 4.97. The van der Waals surface area contributed by atoms with Gasteiger partial charge in [0.25, 0.3) is 0 Å². The van der Waals surface area contributed by atoms with Gasteiger partial charge >= 0.3 is 0 Å². The van der Waals surface area contributed by atoms with E-state index in [1.54, 1.807) is 0 Å². The van der Waals surface area contributed by atoms with Crippen molar-refractivity contribution in [2.45, 2.75) is 12.8 Å². The standard InChI is InChI=1S/C45H30N4/c1-3-11-29(12-4-1)43-46-44(30-13-5-2-6-14-30)48-45(47-43)33-20-19-31-23-36-27-37-28-38(22-21-32(37)24-35(36)26-34(31)25-33)49-41-17-9-7-15-39(41)40-16-8-10-18-42(40)49/h1-23,25-26,28H,24,27H2. The van der Waals surface area contributed by atoms with Crippen LogP contribution >= 0.6 is 0 Å². The molecular weight excluding hydrogens is 597 g/mol. The van der Waals surface area contributed by atoms with E-state index in [0.29, 0.717) is 17.5 Å². The molecule has 0 spiro atoms. The minimum atomic E-state index is 0.673. The predicted molar refractivity (Wildman–Crippen MR) is 200 cm³/mol. The van der Waals surface area contributed by atoms with Gasteiger partial charge < -0.3 is 4.57 Å². The van der Waals surface area contributed by atoms with E-state index in [1.807, 2.05) is 60.7 Å². The number of aromatic nitrogens is 4. The Hall–Kier alpha value is -6.39. The maximum atomic E-state index is 4.97. The van der Waals surface area contributed by atoms with Crippen LogP contribution in [0.5, 0.6) is 0 Å². The third-order valence-corrected chi connectivity index (χ3v) is 9.91. The molecule has 1 aliphatic carbocycles. The van der Waals surface area contributed by atoms with Crippen LogP contribution in [0.4, 0.5) is 0 Å². The molecule has 0 amide bonds. The van der Waals surface area contributed by atoms with Crippen molar-refractivity contribution in [1.29, 1.82) is 0 Å². The minimum Gasteiger partial charge on any atom is -0.309 e. The quantitative estimate of drug-likeness (QED) is 0.195. The molecule has 0 unspecified atom stereocenters. The molecule has 0 atom stereocenters. The number of nitrogens with zero attached hydrogens (tertiary/aromatic N) is 4. The second kappa shape index (κ2) is 11.1. The highest BCUT2D eigenvalue weighted by atomic mass is 15.0. The van der Waals surface area contributed by atoms with Crippen molar-refractivity contribution >= 4 is 32.6 Å². The molecule has 0 fully saturated rings. The second-order valence-electron chi connectivity index (χ2n) is 12.9. The summed E-state index contributed by atoms with van der Waals surface area (Å²) in [6.07, 6.45) is 1.84. The first-order chi connectivity index (χ1) is 24.2. The van der Waals surface area contributed by atoms with Crippen molar-refractivity contribution in [1.82, 2.24) is 19.5 Å². The topological polar surface area (TPSA) is 43.6 Å². The second-order valence-corrected chi connectivity index (χ2v) is 12.9. The summed E-state index contributed by atoms with van der Waals surface area (Å²) in [4.78, 5) is 14.8. The first-order valence-corrected chi connectivity index (χ1v) is 16.8. The van der Waals surface area contributed by atoms with Crippen LogP contribution < -0.4 is 0 Å². The molecule has 230 valence electrons. The SMILES string of the molecule is c1ccc(-c2nc(-c3ccccc3)nc(-c3ccc4cc5c(cc4c3)Cc3ccc(-n4c6ccccc6c6ccccc64)cc3C5)n2)cc1. The molecule has 7 aromatic carbocycles. The van der Waals surface area contributed by atoms with Crippen molar-refractivity contribution in [2.75, 3.05) is 0 Å². The minimum absolute atomic E-state index is 0.673. The molecule has 10 rings (SSSR count). The summed E-state index contributed by atoms with van der Waals surface area (Å²) in [5.74, 6) is 2.02. The van der Waals surface area contributed by atoms with Gasteiger partial charge in [0.15, 0.2) is 17.5 Å². The zero-order valence-electron chi connectivity index (χ0n) is 26.7. The third kappa shape index (κ3) is 4.72. The highest BCUT2D eigenvalue weighted by Crippen LogP contribution is 2.36. The molecule has 0 N–H and O–H groups in total. The molecule has 49 heavy (non-hydrogen) atoms. The van der Waals surface area contributed by atoms with Gasteiger partial charge in [-0.25, -0.2) is 15.0 Å². The number of benzene rings is 7. The summed E-state index contributed by atoms with van der Waals surface area (Å²) in [7, 11) is 0. The third-order valence-electron chi connectivity index (χ3n) is 9.91. The number of para-hydroxylation sites is 2. The number of hydrogen-bond donors (Lipinski definition) is 0. The first kappa shape index (κ1) is 27.7. The van der Waals surface area contributed by atoms with Crippen molar-refractivity contribution in [2.24, 2.45) is 0 Å². The van der Waals surface area contributed by atoms with Gasteiger partial charge in [-0.15, -0.1) is 0 Å². The highest BCUT2D eigenvalue weighted by molar-refractivity contribution is 6.09. The monoisotopic (exact) mass is 626 g/mol. The van der Waals surface area contributed by atoms with E-state index in [4.69, 9.17) is 15.0 Å². The van der Waals surface area contributed by atoms with Crippen LogP contribution in [0.1, 0.15) is 22.3 Å². The molecule has 9 aromatic rings. The summed E-state index contributed by atoms with van der Waals surface area (Å²) >= 11 is 0. The molecule has 1 aliphatic rings. The number of fused-ring (bicyclic) bond motifs is 6. The molecule has 4 heteroatoms. The summed E-state index contributed by atoms with van der Waals surface area (Å²) in [5, 5.41) is 5.00. The van der Waals surface area contributed by atoms with Gasteiger partial charge in [0.1, 0.15) is 0 Å². The summed E-state index contributed by atoms with van der Waals surface area (Å²) < 4.78 is 2.41. The lowest BCUT2D eigenvalue weighted by molar-refractivity contribution is 0.997. The molecule has 0 aliphatic heterocycles. The van der Waals surface area contributed by atoms with E-state index in [2.05, 4.69) is 102 Å². The van der Waals surface area contributed by atoms with Crippen molar-refractivity contribution in [3.8, 4) is 39.9 Å². The van der Waals surface area contributed by atoms with Crippen LogP contribution in [0.25, 0.3) is 72.4 Å². The molecule has 2 aromatic heterocycles. The lowest BCUT2D eigenvalue weighted by atomic mass is 9.84. The Morgan fingerprint density at radius 2 is 0.878 bits per heavy atom. The van der Waals surface area contributed by atoms with Crippen LogP contribution in [-0.4, -0.2) is 19.5 Å². The molecule has 0 saturated heterocycles. The van der Waals surface area contributed by atoms with Gasteiger partial charge in [0.2, 0.25) is 0 Å². The average Bonchev–Trinajstić information content (AvgIpc) is 3.51. The van der Waals surface area contributed by atoms with Gasteiger partial charge in [0.05, 0.1) is 11.0 Å². The fourth-order valence-corrected chi connectivity index (χ4v) is 7.50. The Kier molecular flexibility index (Phi) is 6.28. The zero-order valence-corrected chi connectivity index (χ0v) is 26.7. The van der Waals surface area contributed by atoms with E-state index < -0.39 is 0 Å². The van der Waals surface area contributed by atoms with Gasteiger partial charge in [-0.2, -0.15) is 0 Å². The number of rotatable bonds is 4. The lowest BCUT2D eigenvalue weighted by Gasteiger charge is -2.22. The van der Waals surface area contributed by atoms with Gasteiger partial charge in [-0.05, 0) is 76.2 Å². The Balaban J connectivity index is 1.03. The Labute approximate surface area is 284 Å². The van der Waals surface area contributed by atoms with Crippen LogP contribution in [0.3, 0.4) is 0 Å². The average molecular weight is 627 g/mol. The smallest absolute Gasteiger partial charge is 0.164 e. The Bertz CT molecular complexity index is 2600. The van der Waals surface area contributed by atoms with E-state index >= 15 is 0 Å². The normalized spacial score (nSPS) is 12.3. The van der Waals surface area contributed by atoms with Crippen LogP contribution in [0.15, 0.2) is 158 Å². The fraction of sp³-hybridized carbons (Fsp3) is 0.0444. The van der Waals surface area contributed by atoms with E-state index in [-0.39, 0.29) is 0 Å². The fourth-order valence-electron chi connectivity index (χ4n) is 7.50. The van der Waals surface area contributed by atoms with Crippen LogP contribution in [0, 0.1) is 0 Å². The lowest BCUT2D eigenvalue weighted by Crippen LogP contribution is -2.08. The zero-order chi connectivity index (χ0) is 32.3.